The number of rotatable bonds is 5. The van der Waals surface area contributed by atoms with Crippen LogP contribution in [-0.4, -0.2) is 12.5 Å². The maximum absolute atomic E-state index is 12.1. The summed E-state index contributed by atoms with van der Waals surface area (Å²) in [7, 11) is 0. The summed E-state index contributed by atoms with van der Waals surface area (Å²) in [4.78, 5) is 12.1. The van der Waals surface area contributed by atoms with Crippen molar-refractivity contribution in [3.63, 3.8) is 0 Å². The van der Waals surface area contributed by atoms with Crippen LogP contribution in [0.2, 0.25) is 5.02 Å². The summed E-state index contributed by atoms with van der Waals surface area (Å²) in [5.74, 6) is -0.254. The van der Waals surface area contributed by atoms with Gasteiger partial charge in [0, 0.05) is 10.7 Å². The smallest absolute Gasteiger partial charge is 0.243 e. The van der Waals surface area contributed by atoms with E-state index in [2.05, 4.69) is 10.6 Å². The molecule has 3 aromatic carbocycles. The van der Waals surface area contributed by atoms with Crippen molar-refractivity contribution in [3.05, 3.63) is 83.4 Å². The Morgan fingerprint density at radius 2 is 1.65 bits per heavy atom. The van der Waals surface area contributed by atoms with Crippen molar-refractivity contribution >= 4 is 28.9 Å². The van der Waals surface area contributed by atoms with E-state index in [1.807, 2.05) is 60.7 Å². The van der Waals surface area contributed by atoms with Crippen molar-refractivity contribution < 1.29 is 4.79 Å². The number of hydrogen-bond donors (Lipinski definition) is 2. The Labute approximate surface area is 157 Å². The highest BCUT2D eigenvalue weighted by Crippen LogP contribution is 2.22. The number of carbonyl (C=O) groups is 1. The monoisotopic (exact) mass is 361 g/mol. The molecule has 1 amide bonds. The van der Waals surface area contributed by atoms with Gasteiger partial charge in [-0.3, -0.25) is 4.79 Å². The molecule has 128 valence electrons. The molecule has 2 N–H and O–H groups in total. The first-order valence-electron chi connectivity index (χ1n) is 8.04. The largest absolute Gasteiger partial charge is 0.376 e. The zero-order valence-corrected chi connectivity index (χ0v) is 14.6. The summed E-state index contributed by atoms with van der Waals surface area (Å²) < 4.78 is 0. The highest BCUT2D eigenvalue weighted by atomic mass is 35.5. The zero-order chi connectivity index (χ0) is 18.4. The molecule has 0 fully saturated rings. The van der Waals surface area contributed by atoms with Crippen molar-refractivity contribution in [2.24, 2.45) is 0 Å². The second kappa shape index (κ2) is 8.19. The third kappa shape index (κ3) is 4.41. The Morgan fingerprint density at radius 1 is 0.962 bits per heavy atom. The Kier molecular flexibility index (Phi) is 5.52. The van der Waals surface area contributed by atoms with Gasteiger partial charge in [0.25, 0.3) is 0 Å². The lowest BCUT2D eigenvalue weighted by Gasteiger charge is -2.10. The molecule has 0 aliphatic carbocycles. The number of nitrogens with one attached hydrogen (secondary N) is 2. The lowest BCUT2D eigenvalue weighted by Crippen LogP contribution is -2.22. The average Bonchev–Trinajstić information content (AvgIpc) is 2.68. The van der Waals surface area contributed by atoms with Gasteiger partial charge in [-0.1, -0.05) is 54.1 Å². The van der Waals surface area contributed by atoms with Gasteiger partial charge in [0.15, 0.2) is 0 Å². The summed E-state index contributed by atoms with van der Waals surface area (Å²) in [5.41, 5.74) is 3.87. The van der Waals surface area contributed by atoms with Crippen molar-refractivity contribution in [2.75, 3.05) is 17.2 Å². The van der Waals surface area contributed by atoms with Gasteiger partial charge in [0.1, 0.15) is 6.07 Å². The Bertz CT molecular complexity index is 947. The maximum Gasteiger partial charge on any atom is 0.243 e. The van der Waals surface area contributed by atoms with Gasteiger partial charge in [-0.15, -0.1) is 0 Å². The van der Waals surface area contributed by atoms with E-state index in [1.54, 1.807) is 18.2 Å². The van der Waals surface area contributed by atoms with E-state index >= 15 is 0 Å². The molecule has 4 nitrogen and oxygen atoms in total. The quantitative estimate of drug-likeness (QED) is 0.677. The van der Waals surface area contributed by atoms with Gasteiger partial charge < -0.3 is 10.6 Å². The van der Waals surface area contributed by atoms with Crippen LogP contribution in [0.5, 0.6) is 0 Å². The minimum Gasteiger partial charge on any atom is -0.376 e. The molecule has 0 aliphatic heterocycles. The number of benzene rings is 3. The first-order valence-corrected chi connectivity index (χ1v) is 8.42. The molecule has 0 saturated carbocycles. The fourth-order valence-corrected chi connectivity index (χ4v) is 2.68. The van der Waals surface area contributed by atoms with Crippen LogP contribution < -0.4 is 10.6 Å². The van der Waals surface area contributed by atoms with E-state index in [0.717, 1.165) is 16.8 Å². The normalized spacial score (nSPS) is 10.0. The third-order valence-corrected chi connectivity index (χ3v) is 4.06. The molecule has 0 heterocycles. The number of anilines is 2. The second-order valence-electron chi connectivity index (χ2n) is 5.65. The molecule has 0 bridgehead atoms. The molecular formula is C21H16ClN3O. The summed E-state index contributed by atoms with van der Waals surface area (Å²) in [6.07, 6.45) is 0. The Balaban J connectivity index is 1.60. The van der Waals surface area contributed by atoms with Gasteiger partial charge >= 0.3 is 0 Å². The van der Waals surface area contributed by atoms with Gasteiger partial charge in [-0.25, -0.2) is 0 Å². The standard InChI is InChI=1S/C21H16ClN3O/c22-18-9-6-17(13-23)20(12-18)25-21(26)14-24-19-10-7-16(8-11-19)15-4-2-1-3-5-15/h1-12,24H,14H2,(H,25,26). The molecule has 0 unspecified atom stereocenters. The molecule has 0 spiro atoms. The first kappa shape index (κ1) is 17.5. The average molecular weight is 362 g/mol. The van der Waals surface area contributed by atoms with Crippen molar-refractivity contribution in [2.45, 2.75) is 0 Å². The van der Waals surface area contributed by atoms with Crippen molar-refractivity contribution in [1.82, 2.24) is 0 Å². The van der Waals surface area contributed by atoms with E-state index in [-0.39, 0.29) is 12.5 Å². The van der Waals surface area contributed by atoms with E-state index < -0.39 is 0 Å². The number of nitriles is 1. The number of carbonyl (C=O) groups excluding carboxylic acids is 1. The molecule has 3 rings (SSSR count). The van der Waals surface area contributed by atoms with Crippen LogP contribution >= 0.6 is 11.6 Å². The van der Waals surface area contributed by atoms with Crippen LogP contribution in [0.25, 0.3) is 11.1 Å². The molecule has 3 aromatic rings. The number of nitrogens with zero attached hydrogens (tertiary/aromatic N) is 1. The van der Waals surface area contributed by atoms with E-state index in [1.165, 1.54) is 0 Å². The van der Waals surface area contributed by atoms with Crippen LogP contribution in [0.4, 0.5) is 11.4 Å². The summed E-state index contributed by atoms with van der Waals surface area (Å²) in [5, 5.41) is 15.3. The molecule has 0 radical (unpaired) electrons. The number of amides is 1. The molecule has 0 atom stereocenters. The van der Waals surface area contributed by atoms with Crippen LogP contribution in [-0.2, 0) is 4.79 Å². The maximum atomic E-state index is 12.1. The molecular weight excluding hydrogens is 346 g/mol. The Morgan fingerprint density at radius 3 is 2.35 bits per heavy atom. The summed E-state index contributed by atoms with van der Waals surface area (Å²) in [6.45, 7) is 0.0854. The highest BCUT2D eigenvalue weighted by molar-refractivity contribution is 6.31. The van der Waals surface area contributed by atoms with E-state index in [0.29, 0.717) is 16.3 Å². The SMILES string of the molecule is N#Cc1ccc(Cl)cc1NC(=O)CNc1ccc(-c2ccccc2)cc1. The number of halogens is 1. The Hall–Kier alpha value is -3.29. The summed E-state index contributed by atoms with van der Waals surface area (Å²) in [6, 6.07) is 24.7. The summed E-state index contributed by atoms with van der Waals surface area (Å²) >= 11 is 5.92. The van der Waals surface area contributed by atoms with Gasteiger partial charge in [-0.05, 0) is 41.5 Å². The molecule has 26 heavy (non-hydrogen) atoms. The van der Waals surface area contributed by atoms with Gasteiger partial charge in [0.2, 0.25) is 5.91 Å². The minimum atomic E-state index is -0.254. The highest BCUT2D eigenvalue weighted by Gasteiger charge is 2.08. The van der Waals surface area contributed by atoms with Crippen LogP contribution in [0.15, 0.2) is 72.8 Å². The minimum absolute atomic E-state index is 0.0854. The van der Waals surface area contributed by atoms with Crippen LogP contribution in [0.1, 0.15) is 5.56 Å². The fraction of sp³-hybridized carbons (Fsp3) is 0.0476. The predicted octanol–water partition coefficient (Wildman–Crippen LogP) is 4.93. The van der Waals surface area contributed by atoms with Crippen LogP contribution in [0, 0.1) is 11.3 Å². The molecule has 5 heteroatoms. The lowest BCUT2D eigenvalue weighted by molar-refractivity contribution is -0.114. The lowest BCUT2D eigenvalue weighted by atomic mass is 10.1. The van der Waals surface area contributed by atoms with E-state index in [9.17, 15) is 4.79 Å². The molecule has 0 aliphatic rings. The molecule has 0 aromatic heterocycles. The molecule has 0 saturated heterocycles. The number of hydrogen-bond acceptors (Lipinski definition) is 3. The zero-order valence-electron chi connectivity index (χ0n) is 13.9. The van der Waals surface area contributed by atoms with Crippen molar-refractivity contribution in [3.8, 4) is 17.2 Å². The van der Waals surface area contributed by atoms with Crippen molar-refractivity contribution in [1.29, 1.82) is 5.26 Å². The van der Waals surface area contributed by atoms with Gasteiger partial charge in [-0.2, -0.15) is 5.26 Å². The van der Waals surface area contributed by atoms with E-state index in [4.69, 9.17) is 16.9 Å². The first-order chi connectivity index (χ1) is 12.7. The van der Waals surface area contributed by atoms with Crippen LogP contribution in [0.3, 0.4) is 0 Å². The second-order valence-corrected chi connectivity index (χ2v) is 6.08. The fourth-order valence-electron chi connectivity index (χ4n) is 2.51. The topological polar surface area (TPSA) is 64.9 Å². The predicted molar refractivity (Wildman–Crippen MR) is 105 cm³/mol. The third-order valence-electron chi connectivity index (χ3n) is 3.82. The van der Waals surface area contributed by atoms with Gasteiger partial charge in [0.05, 0.1) is 17.8 Å².